The summed E-state index contributed by atoms with van der Waals surface area (Å²) in [5.41, 5.74) is 0.691. The van der Waals surface area contributed by atoms with Crippen LogP contribution >= 0.6 is 15.9 Å². The lowest BCUT2D eigenvalue weighted by Crippen LogP contribution is -2.37. The number of hydrogen-bond acceptors (Lipinski definition) is 4. The molecule has 18 heavy (non-hydrogen) atoms. The van der Waals surface area contributed by atoms with E-state index in [0.717, 1.165) is 0 Å². The summed E-state index contributed by atoms with van der Waals surface area (Å²) in [6, 6.07) is -0.359. The van der Waals surface area contributed by atoms with E-state index in [0.29, 0.717) is 16.1 Å². The maximum absolute atomic E-state index is 11.8. The summed E-state index contributed by atoms with van der Waals surface area (Å²) in [4.78, 5) is 21.9. The molecule has 0 radical (unpaired) electrons. The molecule has 0 aliphatic rings. The summed E-state index contributed by atoms with van der Waals surface area (Å²) >= 11 is 3.33. The smallest absolute Gasteiger partial charge is 0.244 e. The fraction of sp³-hybridized carbons (Fsp3) is 0.364. The first-order valence-electron chi connectivity index (χ1n) is 5.46. The van der Waals surface area contributed by atoms with Gasteiger partial charge in [-0.05, 0) is 22.9 Å². The molecule has 0 saturated carbocycles. The van der Waals surface area contributed by atoms with Crippen LogP contribution in [0.15, 0.2) is 23.2 Å². The third kappa shape index (κ3) is 2.45. The minimum Gasteiger partial charge on any atom is -0.355 e. The van der Waals surface area contributed by atoms with Gasteiger partial charge in [0.15, 0.2) is 11.5 Å². The first kappa shape index (κ1) is 12.8. The second-order valence-electron chi connectivity index (χ2n) is 4.17. The number of anilines is 1. The van der Waals surface area contributed by atoms with Crippen molar-refractivity contribution in [2.45, 2.75) is 13.0 Å². The molecule has 7 heteroatoms. The van der Waals surface area contributed by atoms with Gasteiger partial charge in [-0.1, -0.05) is 0 Å². The Kier molecular flexibility index (Phi) is 3.51. The minimum absolute atomic E-state index is 0.0125. The molecule has 0 spiro atoms. The topological polar surface area (TPSA) is 62.5 Å². The highest BCUT2D eigenvalue weighted by molar-refractivity contribution is 9.10. The van der Waals surface area contributed by atoms with Crippen LogP contribution in [0.25, 0.3) is 5.65 Å². The van der Waals surface area contributed by atoms with Crippen molar-refractivity contribution in [2.75, 3.05) is 19.4 Å². The summed E-state index contributed by atoms with van der Waals surface area (Å²) in [7, 11) is 3.44. The van der Waals surface area contributed by atoms with Crippen LogP contribution in [0.3, 0.4) is 0 Å². The van der Waals surface area contributed by atoms with Crippen LogP contribution in [0.5, 0.6) is 0 Å². The van der Waals surface area contributed by atoms with Gasteiger partial charge >= 0.3 is 0 Å². The molecule has 2 rings (SSSR count). The number of carbonyl (C=O) groups excluding carboxylic acids is 1. The lowest BCUT2D eigenvalue weighted by Gasteiger charge is -2.18. The van der Waals surface area contributed by atoms with Gasteiger partial charge in [0.05, 0.1) is 0 Å². The molecular weight excluding hydrogens is 298 g/mol. The van der Waals surface area contributed by atoms with E-state index >= 15 is 0 Å². The van der Waals surface area contributed by atoms with Crippen LogP contribution in [0.4, 0.5) is 5.82 Å². The number of nitrogens with zero attached hydrogens (tertiary/aromatic N) is 4. The first-order valence-corrected chi connectivity index (χ1v) is 6.25. The number of halogens is 1. The predicted octanol–water partition coefficient (Wildman–Crippen LogP) is 1.38. The molecule has 0 aliphatic heterocycles. The largest absolute Gasteiger partial charge is 0.355 e. The van der Waals surface area contributed by atoms with E-state index in [4.69, 9.17) is 0 Å². The van der Waals surface area contributed by atoms with Crippen molar-refractivity contribution in [3.8, 4) is 0 Å². The lowest BCUT2D eigenvalue weighted by atomic mass is 10.3. The fourth-order valence-corrected chi connectivity index (χ4v) is 2.05. The highest BCUT2D eigenvalue weighted by Crippen LogP contribution is 2.17. The van der Waals surface area contributed by atoms with Crippen LogP contribution in [-0.4, -0.2) is 45.3 Å². The average molecular weight is 312 g/mol. The Balaban J connectivity index is 2.31. The number of nitrogens with one attached hydrogen (secondary N) is 1. The Morgan fingerprint density at radius 1 is 1.56 bits per heavy atom. The molecule has 0 aliphatic carbocycles. The standard InChI is InChI=1S/C11H14BrN5O/c1-7(11(18)16(2)3)14-9-10-13-4-5-17(10)6-8(12)15-9/h4-7H,1-3H3,(H,14,15). The van der Waals surface area contributed by atoms with Crippen molar-refractivity contribution in [2.24, 2.45) is 0 Å². The quantitative estimate of drug-likeness (QED) is 0.930. The Morgan fingerprint density at radius 2 is 2.28 bits per heavy atom. The van der Waals surface area contributed by atoms with E-state index < -0.39 is 0 Å². The van der Waals surface area contributed by atoms with Gasteiger partial charge in [0.1, 0.15) is 10.6 Å². The second kappa shape index (κ2) is 4.93. The number of imidazole rings is 1. The van der Waals surface area contributed by atoms with Crippen LogP contribution in [0, 0.1) is 0 Å². The molecule has 2 aromatic heterocycles. The molecule has 0 aromatic carbocycles. The third-order valence-electron chi connectivity index (χ3n) is 2.51. The summed E-state index contributed by atoms with van der Waals surface area (Å²) in [6.45, 7) is 1.80. The summed E-state index contributed by atoms with van der Waals surface area (Å²) in [5, 5.41) is 3.08. The maximum atomic E-state index is 11.8. The summed E-state index contributed by atoms with van der Waals surface area (Å²) in [5.74, 6) is 0.568. The Hall–Kier alpha value is -1.63. The molecule has 1 unspecified atom stereocenters. The molecule has 1 atom stereocenters. The van der Waals surface area contributed by atoms with Crippen molar-refractivity contribution >= 4 is 33.3 Å². The second-order valence-corrected chi connectivity index (χ2v) is 4.98. The van der Waals surface area contributed by atoms with Gasteiger partial charge in [0, 0.05) is 32.7 Å². The minimum atomic E-state index is -0.359. The zero-order valence-electron chi connectivity index (χ0n) is 10.4. The average Bonchev–Trinajstić information content (AvgIpc) is 2.75. The normalized spacial score (nSPS) is 12.4. The maximum Gasteiger partial charge on any atom is 0.244 e. The lowest BCUT2D eigenvalue weighted by molar-refractivity contribution is -0.129. The van der Waals surface area contributed by atoms with Crippen molar-refractivity contribution < 1.29 is 4.79 Å². The van der Waals surface area contributed by atoms with Gasteiger partial charge in [-0.25, -0.2) is 9.97 Å². The highest BCUT2D eigenvalue weighted by Gasteiger charge is 2.17. The van der Waals surface area contributed by atoms with E-state index in [-0.39, 0.29) is 11.9 Å². The Bertz CT molecular complexity index is 580. The van der Waals surface area contributed by atoms with Crippen molar-refractivity contribution in [1.82, 2.24) is 19.3 Å². The zero-order valence-corrected chi connectivity index (χ0v) is 12.0. The van der Waals surface area contributed by atoms with Gasteiger partial charge in [0.2, 0.25) is 5.91 Å². The predicted molar refractivity (Wildman–Crippen MR) is 72.5 cm³/mol. The number of hydrogen-bond donors (Lipinski definition) is 1. The Morgan fingerprint density at radius 3 is 2.94 bits per heavy atom. The monoisotopic (exact) mass is 311 g/mol. The van der Waals surface area contributed by atoms with Gasteiger partial charge in [-0.2, -0.15) is 0 Å². The molecule has 6 nitrogen and oxygen atoms in total. The van der Waals surface area contributed by atoms with E-state index in [1.54, 1.807) is 32.1 Å². The molecule has 0 bridgehead atoms. The van der Waals surface area contributed by atoms with E-state index in [2.05, 4.69) is 31.2 Å². The molecule has 96 valence electrons. The number of rotatable bonds is 3. The van der Waals surface area contributed by atoms with Gasteiger partial charge < -0.3 is 14.6 Å². The molecule has 0 fully saturated rings. The van der Waals surface area contributed by atoms with Crippen LogP contribution in [0.1, 0.15) is 6.92 Å². The molecule has 2 aromatic rings. The molecule has 0 saturated heterocycles. The Labute approximate surface area is 113 Å². The van der Waals surface area contributed by atoms with Crippen molar-refractivity contribution in [3.63, 3.8) is 0 Å². The van der Waals surface area contributed by atoms with E-state index in [1.165, 1.54) is 0 Å². The number of amides is 1. The summed E-state index contributed by atoms with van der Waals surface area (Å²) in [6.07, 6.45) is 5.32. The number of aromatic nitrogens is 3. The molecular formula is C11H14BrN5O. The molecule has 2 heterocycles. The third-order valence-corrected chi connectivity index (χ3v) is 2.89. The highest BCUT2D eigenvalue weighted by atomic mass is 79.9. The van der Waals surface area contributed by atoms with E-state index in [1.807, 2.05) is 16.8 Å². The van der Waals surface area contributed by atoms with E-state index in [9.17, 15) is 4.79 Å². The zero-order chi connectivity index (χ0) is 13.3. The summed E-state index contributed by atoms with van der Waals surface area (Å²) < 4.78 is 2.52. The van der Waals surface area contributed by atoms with Gasteiger partial charge in [-0.3, -0.25) is 4.79 Å². The van der Waals surface area contributed by atoms with Crippen molar-refractivity contribution in [3.05, 3.63) is 23.2 Å². The molecule has 1 amide bonds. The number of fused-ring (bicyclic) bond motifs is 1. The van der Waals surface area contributed by atoms with Crippen LogP contribution in [0.2, 0.25) is 0 Å². The fourth-order valence-electron chi connectivity index (χ4n) is 1.65. The van der Waals surface area contributed by atoms with Crippen LogP contribution in [-0.2, 0) is 4.79 Å². The van der Waals surface area contributed by atoms with Gasteiger partial charge in [0.25, 0.3) is 0 Å². The molecule has 1 N–H and O–H groups in total. The van der Waals surface area contributed by atoms with Gasteiger partial charge in [-0.15, -0.1) is 0 Å². The van der Waals surface area contributed by atoms with Crippen molar-refractivity contribution in [1.29, 1.82) is 0 Å². The number of carbonyl (C=O) groups is 1. The SMILES string of the molecule is CC(Nc1nc(Br)cn2ccnc12)C(=O)N(C)C. The van der Waals surface area contributed by atoms with Crippen LogP contribution < -0.4 is 5.32 Å². The first-order chi connectivity index (χ1) is 8.49. The number of likely N-dealkylation sites (N-methyl/N-ethyl adjacent to an activating group) is 1.